The lowest BCUT2D eigenvalue weighted by atomic mass is 9.79. The average Bonchev–Trinajstić information content (AvgIpc) is 2.71. The Kier molecular flexibility index (Phi) is 4.20. The minimum Gasteiger partial charge on any atom is -0.388 e. The largest absolute Gasteiger partial charge is 0.388 e. The van der Waals surface area contributed by atoms with Crippen LogP contribution in [0.2, 0.25) is 0 Å². The fraction of sp³-hybridized carbons (Fsp3) is 0.923. The highest BCUT2D eigenvalue weighted by molar-refractivity contribution is 7.91. The van der Waals surface area contributed by atoms with Gasteiger partial charge in [0, 0.05) is 6.54 Å². The quantitative estimate of drug-likeness (QED) is 0.791. The lowest BCUT2D eigenvalue weighted by Gasteiger charge is -2.35. The van der Waals surface area contributed by atoms with Crippen molar-refractivity contribution in [3.8, 4) is 0 Å². The summed E-state index contributed by atoms with van der Waals surface area (Å²) in [5.41, 5.74) is -0.806. The van der Waals surface area contributed by atoms with E-state index in [1.54, 1.807) is 0 Å². The van der Waals surface area contributed by atoms with Crippen LogP contribution in [0.3, 0.4) is 0 Å². The van der Waals surface area contributed by atoms with Gasteiger partial charge in [-0.2, -0.15) is 0 Å². The van der Waals surface area contributed by atoms with Crippen molar-refractivity contribution >= 4 is 15.7 Å². The highest BCUT2D eigenvalue weighted by Crippen LogP contribution is 2.31. The van der Waals surface area contributed by atoms with Gasteiger partial charge in [0.05, 0.1) is 23.0 Å². The summed E-state index contributed by atoms with van der Waals surface area (Å²) >= 11 is 0. The maximum Gasteiger partial charge on any atom is 0.224 e. The molecule has 2 rings (SSSR count). The van der Waals surface area contributed by atoms with Crippen molar-refractivity contribution in [3.05, 3.63) is 0 Å². The first kappa shape index (κ1) is 14.8. The Labute approximate surface area is 114 Å². The van der Waals surface area contributed by atoms with Gasteiger partial charge in [0.15, 0.2) is 9.84 Å². The molecule has 1 aliphatic carbocycles. The summed E-state index contributed by atoms with van der Waals surface area (Å²) in [7, 11) is -3.03. The second-order valence-corrected chi connectivity index (χ2v) is 8.45. The van der Waals surface area contributed by atoms with Gasteiger partial charge in [0.2, 0.25) is 5.91 Å². The Morgan fingerprint density at radius 2 is 1.95 bits per heavy atom. The summed E-state index contributed by atoms with van der Waals surface area (Å²) in [6, 6.07) is 0. The normalized spacial score (nSPS) is 38.0. The third kappa shape index (κ3) is 3.92. The number of rotatable bonds is 3. The topological polar surface area (TPSA) is 83.5 Å². The summed E-state index contributed by atoms with van der Waals surface area (Å²) < 4.78 is 22.6. The number of sulfone groups is 1. The predicted octanol–water partition coefficient (Wildman–Crippen LogP) is 0.478. The van der Waals surface area contributed by atoms with E-state index in [4.69, 9.17) is 0 Å². The van der Waals surface area contributed by atoms with E-state index in [0.29, 0.717) is 25.2 Å². The lowest BCUT2D eigenvalue weighted by Crippen LogP contribution is -2.46. The summed E-state index contributed by atoms with van der Waals surface area (Å²) in [5, 5.41) is 13.1. The monoisotopic (exact) mass is 289 g/mol. The summed E-state index contributed by atoms with van der Waals surface area (Å²) in [6.07, 6.45) is 3.77. The molecule has 6 heteroatoms. The van der Waals surface area contributed by atoms with Crippen LogP contribution in [0.25, 0.3) is 0 Å². The van der Waals surface area contributed by atoms with Crippen LogP contribution < -0.4 is 5.32 Å². The summed E-state index contributed by atoms with van der Waals surface area (Å²) in [5.74, 6) is 0.0291. The maximum absolute atomic E-state index is 11.9. The molecule has 2 aliphatic rings. The van der Waals surface area contributed by atoms with Crippen LogP contribution >= 0.6 is 0 Å². The first-order valence-electron chi connectivity index (χ1n) is 7.00. The molecule has 1 heterocycles. The third-order valence-corrected chi connectivity index (χ3v) is 6.17. The van der Waals surface area contributed by atoms with Crippen LogP contribution in [0, 0.1) is 11.8 Å². The number of nitrogens with one attached hydrogen (secondary N) is 1. The van der Waals surface area contributed by atoms with Gasteiger partial charge in [-0.15, -0.1) is 0 Å². The Morgan fingerprint density at radius 3 is 2.47 bits per heavy atom. The molecular formula is C13H23NO4S. The van der Waals surface area contributed by atoms with Crippen molar-refractivity contribution < 1.29 is 18.3 Å². The highest BCUT2D eigenvalue weighted by atomic mass is 32.2. The van der Waals surface area contributed by atoms with Crippen LogP contribution in [0.4, 0.5) is 0 Å². The smallest absolute Gasteiger partial charge is 0.224 e. The van der Waals surface area contributed by atoms with Gasteiger partial charge in [0.25, 0.3) is 0 Å². The molecule has 0 aromatic heterocycles. The Hall–Kier alpha value is -0.620. The molecule has 0 bridgehead atoms. The van der Waals surface area contributed by atoms with Gasteiger partial charge in [-0.3, -0.25) is 4.79 Å². The van der Waals surface area contributed by atoms with Crippen molar-refractivity contribution in [2.24, 2.45) is 11.8 Å². The van der Waals surface area contributed by atoms with Crippen molar-refractivity contribution in [1.82, 2.24) is 5.32 Å². The van der Waals surface area contributed by atoms with Crippen LogP contribution in [-0.2, 0) is 14.6 Å². The van der Waals surface area contributed by atoms with Gasteiger partial charge in [-0.05, 0) is 38.0 Å². The molecule has 1 aliphatic heterocycles. The van der Waals surface area contributed by atoms with Crippen LogP contribution in [0.5, 0.6) is 0 Å². The van der Waals surface area contributed by atoms with E-state index in [2.05, 4.69) is 12.2 Å². The van der Waals surface area contributed by atoms with E-state index in [1.165, 1.54) is 0 Å². The summed E-state index contributed by atoms with van der Waals surface area (Å²) in [4.78, 5) is 11.9. The van der Waals surface area contributed by atoms with Crippen molar-refractivity contribution in [1.29, 1.82) is 0 Å². The lowest BCUT2D eigenvalue weighted by molar-refractivity contribution is -0.126. The first-order valence-corrected chi connectivity index (χ1v) is 8.82. The first-order chi connectivity index (χ1) is 8.80. The number of aliphatic hydroxyl groups is 1. The zero-order chi connectivity index (χ0) is 14.1. The Balaban J connectivity index is 1.81. The molecule has 0 aromatic rings. The second-order valence-electron chi connectivity index (χ2n) is 6.22. The SMILES string of the molecule is CC1CCC(O)(CNC(=O)C2CCS(=O)(=O)C2)CC1. The fourth-order valence-corrected chi connectivity index (χ4v) is 4.62. The molecule has 2 N–H and O–H groups in total. The maximum atomic E-state index is 11.9. The van der Waals surface area contributed by atoms with Gasteiger partial charge in [-0.1, -0.05) is 6.92 Å². The van der Waals surface area contributed by atoms with E-state index in [-0.39, 0.29) is 24.0 Å². The molecule has 5 nitrogen and oxygen atoms in total. The predicted molar refractivity (Wildman–Crippen MR) is 72.4 cm³/mol. The van der Waals surface area contributed by atoms with E-state index >= 15 is 0 Å². The molecule has 1 saturated heterocycles. The van der Waals surface area contributed by atoms with Gasteiger partial charge < -0.3 is 10.4 Å². The van der Waals surface area contributed by atoms with Crippen molar-refractivity contribution in [2.45, 2.75) is 44.6 Å². The molecule has 1 saturated carbocycles. The van der Waals surface area contributed by atoms with Crippen molar-refractivity contribution in [2.75, 3.05) is 18.1 Å². The molecule has 2 fully saturated rings. The van der Waals surface area contributed by atoms with Crippen LogP contribution in [0.15, 0.2) is 0 Å². The molecule has 19 heavy (non-hydrogen) atoms. The molecule has 1 unspecified atom stereocenters. The van der Waals surface area contributed by atoms with Crippen molar-refractivity contribution in [3.63, 3.8) is 0 Å². The highest BCUT2D eigenvalue weighted by Gasteiger charge is 2.36. The molecule has 1 amide bonds. The number of carbonyl (C=O) groups is 1. The number of hydrogen-bond donors (Lipinski definition) is 2. The van der Waals surface area contributed by atoms with E-state index in [1.807, 2.05) is 0 Å². The molecular weight excluding hydrogens is 266 g/mol. The Bertz CT molecular complexity index is 438. The van der Waals surface area contributed by atoms with Gasteiger partial charge >= 0.3 is 0 Å². The van der Waals surface area contributed by atoms with E-state index < -0.39 is 21.4 Å². The molecule has 0 aromatic carbocycles. The van der Waals surface area contributed by atoms with Gasteiger partial charge in [-0.25, -0.2) is 8.42 Å². The minimum atomic E-state index is -3.03. The molecule has 0 spiro atoms. The third-order valence-electron chi connectivity index (χ3n) is 4.40. The minimum absolute atomic E-state index is 0.0473. The fourth-order valence-electron chi connectivity index (χ4n) is 2.87. The van der Waals surface area contributed by atoms with Gasteiger partial charge in [0.1, 0.15) is 0 Å². The standard InChI is InChI=1S/C13H23NO4S/c1-10-2-5-13(16,6-3-10)9-14-12(15)11-4-7-19(17,18)8-11/h10-11,16H,2-9H2,1H3,(H,14,15). The zero-order valence-corrected chi connectivity index (χ0v) is 12.2. The van der Waals surface area contributed by atoms with Crippen LogP contribution in [-0.4, -0.2) is 43.1 Å². The zero-order valence-electron chi connectivity index (χ0n) is 11.4. The second kappa shape index (κ2) is 5.40. The van der Waals surface area contributed by atoms with E-state index in [0.717, 1.165) is 12.8 Å². The number of amides is 1. The average molecular weight is 289 g/mol. The Morgan fingerprint density at radius 1 is 1.32 bits per heavy atom. The summed E-state index contributed by atoms with van der Waals surface area (Å²) in [6.45, 7) is 2.41. The van der Waals surface area contributed by atoms with E-state index in [9.17, 15) is 18.3 Å². The van der Waals surface area contributed by atoms with Crippen LogP contribution in [0.1, 0.15) is 39.0 Å². The number of carbonyl (C=O) groups excluding carboxylic acids is 1. The molecule has 0 radical (unpaired) electrons. The number of hydrogen-bond acceptors (Lipinski definition) is 4. The molecule has 110 valence electrons. The molecule has 1 atom stereocenters.